The second-order valence-corrected chi connectivity index (χ2v) is 8.94. The molecule has 2 aromatic rings. The van der Waals surface area contributed by atoms with Gasteiger partial charge >= 0.3 is 6.09 Å². The Morgan fingerprint density at radius 3 is 2.84 bits per heavy atom. The van der Waals surface area contributed by atoms with Gasteiger partial charge in [-0.3, -0.25) is 9.58 Å². The van der Waals surface area contributed by atoms with Crippen LogP contribution in [0.4, 0.5) is 14.9 Å². The van der Waals surface area contributed by atoms with Crippen LogP contribution in [-0.2, 0) is 6.42 Å². The van der Waals surface area contributed by atoms with Crippen molar-refractivity contribution in [2.75, 3.05) is 18.0 Å². The first-order chi connectivity index (χ1) is 15.0. The Morgan fingerprint density at radius 2 is 2.13 bits per heavy atom. The van der Waals surface area contributed by atoms with Crippen LogP contribution in [0, 0.1) is 0 Å². The number of benzene rings is 1. The van der Waals surface area contributed by atoms with Gasteiger partial charge in [-0.05, 0) is 64.1 Å². The van der Waals surface area contributed by atoms with Gasteiger partial charge in [-0.15, -0.1) is 0 Å². The second kappa shape index (κ2) is 8.15. The summed E-state index contributed by atoms with van der Waals surface area (Å²) in [5.74, 6) is 0.766. The summed E-state index contributed by atoms with van der Waals surface area (Å²) in [6.07, 6.45) is 7.32. The van der Waals surface area contributed by atoms with Crippen molar-refractivity contribution in [2.45, 2.75) is 69.8 Å². The summed E-state index contributed by atoms with van der Waals surface area (Å²) in [7, 11) is 0. The molecule has 0 spiro atoms. The zero-order valence-electron chi connectivity index (χ0n) is 17.8. The summed E-state index contributed by atoms with van der Waals surface area (Å²) in [6, 6.07) is 3.46. The highest BCUT2D eigenvalue weighted by molar-refractivity contribution is 5.91. The van der Waals surface area contributed by atoms with Gasteiger partial charge < -0.3 is 15.2 Å². The summed E-state index contributed by atoms with van der Waals surface area (Å²) in [4.78, 5) is 13.4. The standard InChI is InChI=1S/C23H29FN4O3/c1-14-5-6-18-20(28(14)23(29)30)8-7-17(22(18)31-16-3-2-4-16)15-11-26-27(13-15)21-9-10-25-12-19(21)24/h7-8,11,13-14,16,19,21,25H,2-6,9-10,12H2,1H3,(H,29,30)/t14-,19+,21+/m0/s1. The van der Waals surface area contributed by atoms with E-state index in [1.165, 1.54) is 4.90 Å². The molecule has 3 heterocycles. The zero-order valence-corrected chi connectivity index (χ0v) is 17.8. The largest absolute Gasteiger partial charge is 0.489 e. The van der Waals surface area contributed by atoms with Crippen LogP contribution < -0.4 is 15.0 Å². The minimum atomic E-state index is -0.971. The van der Waals surface area contributed by atoms with Gasteiger partial charge in [0.2, 0.25) is 0 Å². The van der Waals surface area contributed by atoms with Crippen LogP contribution in [-0.4, -0.2) is 52.4 Å². The Kier molecular flexibility index (Phi) is 5.33. The highest BCUT2D eigenvalue weighted by Crippen LogP contribution is 2.44. The van der Waals surface area contributed by atoms with Crippen molar-refractivity contribution in [3.63, 3.8) is 0 Å². The monoisotopic (exact) mass is 428 g/mol. The Balaban J connectivity index is 1.55. The Hall–Kier alpha value is -2.61. The number of hydrogen-bond donors (Lipinski definition) is 2. The third-order valence-electron chi connectivity index (χ3n) is 6.92. The Bertz CT molecular complexity index is 974. The van der Waals surface area contributed by atoms with Crippen molar-refractivity contribution in [3.05, 3.63) is 30.1 Å². The van der Waals surface area contributed by atoms with Crippen molar-refractivity contribution >= 4 is 11.8 Å². The molecule has 2 N–H and O–H groups in total. The minimum absolute atomic E-state index is 0.0726. The molecular weight excluding hydrogens is 399 g/mol. The summed E-state index contributed by atoms with van der Waals surface area (Å²) < 4.78 is 22.6. The molecule has 2 fully saturated rings. The average molecular weight is 429 g/mol. The SMILES string of the molecule is C[C@H]1CCc2c(ccc(-c3cnn([C@@H]4CCNC[C@H]4F)c3)c2OC2CCC2)N1C(=O)O. The van der Waals surface area contributed by atoms with E-state index in [1.807, 2.05) is 25.3 Å². The second-order valence-electron chi connectivity index (χ2n) is 8.94. The number of hydrogen-bond acceptors (Lipinski definition) is 4. The maximum absolute atomic E-state index is 14.4. The minimum Gasteiger partial charge on any atom is -0.489 e. The first-order valence-electron chi connectivity index (χ1n) is 11.3. The van der Waals surface area contributed by atoms with Crippen molar-refractivity contribution in [1.29, 1.82) is 0 Å². The topological polar surface area (TPSA) is 79.6 Å². The fraction of sp³-hybridized carbons (Fsp3) is 0.565. The number of aromatic nitrogens is 2. The Morgan fingerprint density at radius 1 is 1.29 bits per heavy atom. The number of nitrogens with one attached hydrogen (secondary N) is 1. The molecule has 166 valence electrons. The third-order valence-corrected chi connectivity index (χ3v) is 6.92. The number of alkyl halides is 1. The smallest absolute Gasteiger partial charge is 0.412 e. The number of fused-ring (bicyclic) bond motifs is 1. The number of amides is 1. The molecule has 1 saturated heterocycles. The number of nitrogens with zero attached hydrogens (tertiary/aromatic N) is 3. The molecule has 1 aromatic carbocycles. The van der Waals surface area contributed by atoms with E-state index < -0.39 is 12.3 Å². The van der Waals surface area contributed by atoms with Gasteiger partial charge in [0.25, 0.3) is 0 Å². The number of carbonyl (C=O) groups is 1. The molecule has 0 radical (unpaired) electrons. The predicted molar refractivity (Wildman–Crippen MR) is 116 cm³/mol. The van der Waals surface area contributed by atoms with Crippen molar-refractivity contribution in [1.82, 2.24) is 15.1 Å². The normalized spacial score (nSPS) is 26.3. The molecule has 8 heteroatoms. The third kappa shape index (κ3) is 3.67. The lowest BCUT2D eigenvalue weighted by Crippen LogP contribution is -2.41. The lowest BCUT2D eigenvalue weighted by atomic mass is 9.91. The van der Waals surface area contributed by atoms with Crippen LogP contribution in [0.1, 0.15) is 50.6 Å². The number of halogens is 1. The molecular formula is C23H29FN4O3. The van der Waals surface area contributed by atoms with Gasteiger partial charge in [-0.1, -0.05) is 0 Å². The van der Waals surface area contributed by atoms with Crippen LogP contribution in [0.3, 0.4) is 0 Å². The molecule has 5 rings (SSSR count). The molecule has 3 aliphatic rings. The van der Waals surface area contributed by atoms with Crippen LogP contribution in [0.5, 0.6) is 5.75 Å². The van der Waals surface area contributed by atoms with Crippen LogP contribution in [0.25, 0.3) is 11.1 Å². The highest BCUT2D eigenvalue weighted by atomic mass is 19.1. The van der Waals surface area contributed by atoms with Gasteiger partial charge in [0.05, 0.1) is 24.0 Å². The number of rotatable bonds is 4. The van der Waals surface area contributed by atoms with Gasteiger partial charge in [0.1, 0.15) is 11.9 Å². The van der Waals surface area contributed by atoms with E-state index in [4.69, 9.17) is 4.74 Å². The van der Waals surface area contributed by atoms with Gasteiger partial charge in [-0.25, -0.2) is 9.18 Å². The van der Waals surface area contributed by atoms with E-state index in [0.717, 1.165) is 61.1 Å². The molecule has 1 aliphatic carbocycles. The maximum atomic E-state index is 14.4. The number of anilines is 1. The molecule has 3 atom stereocenters. The van der Waals surface area contributed by atoms with E-state index in [9.17, 15) is 14.3 Å². The van der Waals surface area contributed by atoms with E-state index in [1.54, 1.807) is 10.9 Å². The lowest BCUT2D eigenvalue weighted by molar-refractivity contribution is 0.119. The molecule has 1 amide bonds. The molecule has 0 bridgehead atoms. The van der Waals surface area contributed by atoms with E-state index >= 15 is 0 Å². The van der Waals surface area contributed by atoms with Crippen molar-refractivity contribution in [3.8, 4) is 16.9 Å². The van der Waals surface area contributed by atoms with Gasteiger partial charge in [0, 0.05) is 35.5 Å². The molecule has 1 saturated carbocycles. The quantitative estimate of drug-likeness (QED) is 0.764. The summed E-state index contributed by atoms with van der Waals surface area (Å²) >= 11 is 0. The van der Waals surface area contributed by atoms with Crippen molar-refractivity contribution < 1.29 is 19.0 Å². The van der Waals surface area contributed by atoms with Gasteiger partial charge in [-0.2, -0.15) is 5.10 Å². The zero-order chi connectivity index (χ0) is 21.5. The molecule has 1 aromatic heterocycles. The first kappa shape index (κ1) is 20.3. The maximum Gasteiger partial charge on any atom is 0.412 e. The van der Waals surface area contributed by atoms with E-state index in [0.29, 0.717) is 18.7 Å². The molecule has 31 heavy (non-hydrogen) atoms. The lowest BCUT2D eigenvalue weighted by Gasteiger charge is -2.36. The molecule has 2 aliphatic heterocycles. The van der Waals surface area contributed by atoms with Crippen LogP contribution in [0.15, 0.2) is 24.5 Å². The van der Waals surface area contributed by atoms with E-state index in [-0.39, 0.29) is 18.2 Å². The number of piperidine rings is 1. The van der Waals surface area contributed by atoms with Crippen LogP contribution in [0.2, 0.25) is 0 Å². The first-order valence-corrected chi connectivity index (χ1v) is 11.3. The molecule has 0 unspecified atom stereocenters. The highest BCUT2D eigenvalue weighted by Gasteiger charge is 2.33. The fourth-order valence-electron chi connectivity index (χ4n) is 4.88. The van der Waals surface area contributed by atoms with Crippen molar-refractivity contribution in [2.24, 2.45) is 0 Å². The van der Waals surface area contributed by atoms with E-state index in [2.05, 4.69) is 10.4 Å². The van der Waals surface area contributed by atoms with Crippen LogP contribution >= 0.6 is 0 Å². The predicted octanol–water partition coefficient (Wildman–Crippen LogP) is 4.17. The summed E-state index contributed by atoms with van der Waals surface area (Å²) in [5, 5.41) is 17.3. The average Bonchev–Trinajstić information content (AvgIpc) is 3.20. The molecule has 7 nitrogen and oxygen atoms in total. The number of ether oxygens (including phenoxy) is 1. The fourth-order valence-corrected chi connectivity index (χ4v) is 4.88. The number of carboxylic acid groups (broad SMARTS) is 1. The summed E-state index contributed by atoms with van der Waals surface area (Å²) in [5.41, 5.74) is 3.44. The van der Waals surface area contributed by atoms with Gasteiger partial charge in [0.15, 0.2) is 0 Å². The Labute approximate surface area is 181 Å². The summed E-state index contributed by atoms with van der Waals surface area (Å²) in [6.45, 7) is 3.06.